The lowest BCUT2D eigenvalue weighted by Gasteiger charge is -2.23. The van der Waals surface area contributed by atoms with Gasteiger partial charge in [0.2, 0.25) is 5.91 Å². The lowest BCUT2D eigenvalue weighted by Crippen LogP contribution is -2.50. The highest BCUT2D eigenvalue weighted by atomic mass is 32.2. The second-order valence-electron chi connectivity index (χ2n) is 7.53. The molecule has 0 radical (unpaired) electrons. The molecule has 11 nitrogen and oxygen atoms in total. The second-order valence-corrected chi connectivity index (χ2v) is 8.53. The van der Waals surface area contributed by atoms with Crippen LogP contribution in [0, 0.1) is 0 Å². The van der Waals surface area contributed by atoms with Gasteiger partial charge in [0.25, 0.3) is 5.24 Å². The first kappa shape index (κ1) is 30.4. The number of alkyl carbamates (subject to hydrolysis) is 1. The molecule has 0 bridgehead atoms. The van der Waals surface area contributed by atoms with E-state index in [4.69, 9.17) is 24.1 Å². The van der Waals surface area contributed by atoms with Crippen molar-refractivity contribution in [2.75, 3.05) is 65.1 Å². The third kappa shape index (κ3) is 19.1. The first-order valence-corrected chi connectivity index (χ1v) is 11.7. The van der Waals surface area contributed by atoms with Gasteiger partial charge in [0.15, 0.2) is 0 Å². The molecular formula is C20H39N3O8S. The fourth-order valence-electron chi connectivity index (χ4n) is 2.10. The van der Waals surface area contributed by atoms with Gasteiger partial charge in [-0.25, -0.2) is 4.79 Å². The van der Waals surface area contributed by atoms with Crippen molar-refractivity contribution in [3.8, 4) is 0 Å². The summed E-state index contributed by atoms with van der Waals surface area (Å²) >= 11 is 0.917. The van der Waals surface area contributed by atoms with E-state index in [1.807, 2.05) is 0 Å². The largest absolute Gasteiger partial charge is 0.444 e. The van der Waals surface area contributed by atoms with Crippen molar-refractivity contribution in [2.45, 2.75) is 45.8 Å². The molecule has 4 N–H and O–H groups in total. The first-order valence-electron chi connectivity index (χ1n) is 10.7. The molecule has 0 heterocycles. The number of aliphatic hydroxyl groups excluding tert-OH is 1. The van der Waals surface area contributed by atoms with Gasteiger partial charge in [-0.15, -0.1) is 0 Å². The summed E-state index contributed by atoms with van der Waals surface area (Å²) < 4.78 is 21.0. The van der Waals surface area contributed by atoms with Crippen molar-refractivity contribution in [3.05, 3.63) is 0 Å². The number of hydrogen-bond donors (Lipinski definition) is 4. The molecule has 0 aromatic rings. The fraction of sp³-hybridized carbons (Fsp3) is 0.850. The van der Waals surface area contributed by atoms with Crippen LogP contribution in [0.2, 0.25) is 0 Å². The molecule has 3 amide bonds. The summed E-state index contributed by atoms with van der Waals surface area (Å²) in [5.74, 6) is -0.328. The zero-order valence-corrected chi connectivity index (χ0v) is 20.4. The summed E-state index contributed by atoms with van der Waals surface area (Å²) in [6.07, 6.45) is -0.146. The van der Waals surface area contributed by atoms with E-state index in [2.05, 4.69) is 16.0 Å². The Hall–Kier alpha value is -1.60. The monoisotopic (exact) mass is 481 g/mol. The Balaban J connectivity index is 4.16. The molecule has 12 heteroatoms. The highest BCUT2D eigenvalue weighted by Crippen LogP contribution is 2.09. The standard InChI is InChI=1S/C20H39N3O8S/c1-5-21-19(27)32-15-16(23-18(26)31-20(2,3)4)17(25)22-7-6-9-28-11-13-30-14-12-29-10-8-24/h16,24H,5-15H2,1-4H3,(H,21,27)(H,22,25)(H,23,26)/t16-/m0/s1. The van der Waals surface area contributed by atoms with E-state index in [0.717, 1.165) is 11.8 Å². The van der Waals surface area contributed by atoms with E-state index in [9.17, 15) is 14.4 Å². The molecule has 1 atom stereocenters. The highest BCUT2D eigenvalue weighted by Gasteiger charge is 2.25. The molecule has 0 aliphatic carbocycles. The zero-order valence-electron chi connectivity index (χ0n) is 19.6. The Kier molecular flexibility index (Phi) is 18.0. The molecule has 0 aromatic heterocycles. The maximum Gasteiger partial charge on any atom is 0.408 e. The molecule has 0 saturated carbocycles. The van der Waals surface area contributed by atoms with Crippen LogP contribution in [0.1, 0.15) is 34.1 Å². The van der Waals surface area contributed by atoms with Crippen LogP contribution in [0.25, 0.3) is 0 Å². The quantitative estimate of drug-likeness (QED) is 0.223. The van der Waals surface area contributed by atoms with Crippen LogP contribution >= 0.6 is 11.8 Å². The second kappa shape index (κ2) is 18.9. The van der Waals surface area contributed by atoms with E-state index in [1.165, 1.54) is 0 Å². The van der Waals surface area contributed by atoms with Crippen LogP contribution < -0.4 is 16.0 Å². The average molecular weight is 482 g/mol. The number of rotatable bonds is 17. The maximum absolute atomic E-state index is 12.5. The minimum atomic E-state index is -0.917. The lowest BCUT2D eigenvalue weighted by molar-refractivity contribution is -0.122. The molecule has 0 aliphatic heterocycles. The molecule has 0 saturated heterocycles. The minimum Gasteiger partial charge on any atom is -0.444 e. The van der Waals surface area contributed by atoms with Crippen molar-refractivity contribution >= 4 is 29.0 Å². The summed E-state index contributed by atoms with van der Waals surface area (Å²) in [4.78, 5) is 36.2. The van der Waals surface area contributed by atoms with Gasteiger partial charge < -0.3 is 40.0 Å². The highest BCUT2D eigenvalue weighted by molar-refractivity contribution is 8.13. The van der Waals surface area contributed by atoms with Gasteiger partial charge in [-0.3, -0.25) is 9.59 Å². The predicted octanol–water partition coefficient (Wildman–Crippen LogP) is 0.891. The Morgan fingerprint density at radius 3 is 2.09 bits per heavy atom. The number of carbonyl (C=O) groups excluding carboxylic acids is 3. The molecule has 0 rings (SSSR count). The number of nitrogens with one attached hydrogen (secondary N) is 3. The Morgan fingerprint density at radius 2 is 1.53 bits per heavy atom. The van der Waals surface area contributed by atoms with Crippen LogP contribution in [0.15, 0.2) is 0 Å². The van der Waals surface area contributed by atoms with Crippen LogP contribution in [-0.4, -0.2) is 99.1 Å². The van der Waals surface area contributed by atoms with Crippen LogP contribution in [-0.2, 0) is 23.7 Å². The molecule has 0 spiro atoms. The summed E-state index contributed by atoms with van der Waals surface area (Å²) in [5.41, 5.74) is -0.703. The Labute approximate surface area is 194 Å². The number of ether oxygens (including phenoxy) is 4. The van der Waals surface area contributed by atoms with Gasteiger partial charge in [-0.05, 0) is 34.1 Å². The van der Waals surface area contributed by atoms with Gasteiger partial charge in [0, 0.05) is 25.4 Å². The van der Waals surface area contributed by atoms with Gasteiger partial charge in [0.1, 0.15) is 11.6 Å². The summed E-state index contributed by atoms with van der Waals surface area (Å²) in [6, 6.07) is -0.917. The smallest absolute Gasteiger partial charge is 0.408 e. The number of thioether (sulfide) groups is 1. The van der Waals surface area contributed by atoms with Crippen LogP contribution in [0.4, 0.5) is 9.59 Å². The van der Waals surface area contributed by atoms with E-state index < -0.39 is 23.6 Å². The Morgan fingerprint density at radius 1 is 0.938 bits per heavy atom. The summed E-state index contributed by atoms with van der Waals surface area (Å²) in [7, 11) is 0. The maximum atomic E-state index is 12.5. The number of carbonyl (C=O) groups is 3. The molecule has 188 valence electrons. The van der Waals surface area contributed by atoms with Gasteiger partial charge >= 0.3 is 6.09 Å². The van der Waals surface area contributed by atoms with Crippen molar-refractivity contribution in [3.63, 3.8) is 0 Å². The van der Waals surface area contributed by atoms with Gasteiger partial charge in [-0.1, -0.05) is 11.8 Å². The normalized spacial score (nSPS) is 12.2. The predicted molar refractivity (Wildman–Crippen MR) is 122 cm³/mol. The van der Waals surface area contributed by atoms with E-state index in [0.29, 0.717) is 59.2 Å². The average Bonchev–Trinajstić information content (AvgIpc) is 2.70. The third-order valence-corrected chi connectivity index (χ3v) is 4.36. The zero-order chi connectivity index (χ0) is 24.2. The van der Waals surface area contributed by atoms with Gasteiger partial charge in [-0.2, -0.15) is 0 Å². The summed E-state index contributed by atoms with van der Waals surface area (Å²) in [5, 5.41) is 16.2. The topological polar surface area (TPSA) is 144 Å². The third-order valence-electron chi connectivity index (χ3n) is 3.45. The first-order chi connectivity index (χ1) is 15.2. The van der Waals surface area contributed by atoms with Crippen molar-refractivity contribution < 1.29 is 38.4 Å². The summed E-state index contributed by atoms with van der Waals surface area (Å²) in [6.45, 7) is 10.2. The molecule has 0 aliphatic rings. The number of hydrogen-bond acceptors (Lipinski definition) is 9. The SMILES string of the molecule is CCNC(=O)SC[C@H](NC(=O)OC(C)(C)C)C(=O)NCCCOCCOCCOCCO. The Bertz CT molecular complexity index is 531. The molecule has 0 aromatic carbocycles. The van der Waals surface area contributed by atoms with Gasteiger partial charge in [0.05, 0.1) is 39.6 Å². The van der Waals surface area contributed by atoms with Crippen molar-refractivity contribution in [2.24, 2.45) is 0 Å². The van der Waals surface area contributed by atoms with Crippen molar-refractivity contribution in [1.82, 2.24) is 16.0 Å². The van der Waals surface area contributed by atoms with Crippen LogP contribution in [0.5, 0.6) is 0 Å². The number of aliphatic hydroxyl groups is 1. The molecule has 32 heavy (non-hydrogen) atoms. The fourth-order valence-corrected chi connectivity index (χ4v) is 2.90. The van der Waals surface area contributed by atoms with Crippen molar-refractivity contribution in [1.29, 1.82) is 0 Å². The molecule has 0 unspecified atom stereocenters. The lowest BCUT2D eigenvalue weighted by atomic mass is 10.2. The van der Waals surface area contributed by atoms with E-state index in [1.54, 1.807) is 27.7 Å². The minimum absolute atomic E-state index is 0.00944. The molecular weight excluding hydrogens is 442 g/mol. The van der Waals surface area contributed by atoms with E-state index in [-0.39, 0.29) is 17.6 Å². The van der Waals surface area contributed by atoms with Crippen LogP contribution in [0.3, 0.4) is 0 Å². The van der Waals surface area contributed by atoms with E-state index >= 15 is 0 Å². The number of amides is 3. The molecule has 0 fully saturated rings.